The summed E-state index contributed by atoms with van der Waals surface area (Å²) in [6, 6.07) is 12.9. The van der Waals surface area contributed by atoms with Crippen LogP contribution >= 0.6 is 0 Å². The normalized spacial score (nSPS) is 13.1. The highest BCUT2D eigenvalue weighted by Crippen LogP contribution is 2.25. The highest BCUT2D eigenvalue weighted by molar-refractivity contribution is 5.69. The van der Waals surface area contributed by atoms with Crippen molar-refractivity contribution >= 4 is 11.6 Å². The highest BCUT2D eigenvalue weighted by Gasteiger charge is 2.17. The number of hydrogen-bond acceptors (Lipinski definition) is 5. The highest BCUT2D eigenvalue weighted by atomic mass is 16.6. The van der Waals surface area contributed by atoms with E-state index < -0.39 is 4.92 Å². The third kappa shape index (κ3) is 3.80. The van der Waals surface area contributed by atoms with Gasteiger partial charge in [-0.15, -0.1) is 0 Å². The third-order valence-electron chi connectivity index (χ3n) is 3.52. The second kappa shape index (κ2) is 7.43. The van der Waals surface area contributed by atoms with Gasteiger partial charge in [-0.05, 0) is 18.1 Å². The van der Waals surface area contributed by atoms with Crippen molar-refractivity contribution in [3.05, 3.63) is 93.8 Å². The number of nitrogens with one attached hydrogen (secondary N) is 2. The first-order chi connectivity index (χ1) is 11.7. The Bertz CT molecular complexity index is 790. The van der Waals surface area contributed by atoms with E-state index in [0.29, 0.717) is 18.0 Å². The van der Waals surface area contributed by atoms with Crippen LogP contribution in [0.15, 0.2) is 76.8 Å². The minimum atomic E-state index is -0.546. The van der Waals surface area contributed by atoms with Crippen LogP contribution in [0.5, 0.6) is 0 Å². The quantitative estimate of drug-likeness (QED) is 0.626. The molecule has 0 bridgehead atoms. The van der Waals surface area contributed by atoms with Gasteiger partial charge in [0.25, 0.3) is 0 Å². The Morgan fingerprint density at radius 3 is 2.54 bits per heavy atom. The molecular formula is C18H17N3O3. The molecule has 0 atom stereocenters. The smallest absolute Gasteiger partial charge is 0.399 e. The Hall–Kier alpha value is -3.12. The van der Waals surface area contributed by atoms with Gasteiger partial charge in [-0.2, -0.15) is 0 Å². The molecule has 0 unspecified atom stereocenters. The van der Waals surface area contributed by atoms with Gasteiger partial charge in [0.2, 0.25) is 0 Å². The molecular weight excluding hydrogens is 306 g/mol. The SMILES string of the molecule is O=[N+]([O-])c1ccc(C(NNCc2ccccc2)=C2C=CCC=C2)o1. The number of allylic oxidation sites excluding steroid dienone is 5. The lowest BCUT2D eigenvalue weighted by Gasteiger charge is -2.14. The number of hydrogen-bond donors (Lipinski definition) is 2. The van der Waals surface area contributed by atoms with E-state index in [0.717, 1.165) is 17.6 Å². The minimum absolute atomic E-state index is 0.281. The predicted molar refractivity (Wildman–Crippen MR) is 91.6 cm³/mol. The van der Waals surface area contributed by atoms with E-state index in [1.54, 1.807) is 6.07 Å². The van der Waals surface area contributed by atoms with E-state index in [1.165, 1.54) is 6.07 Å². The largest absolute Gasteiger partial charge is 0.433 e. The minimum Gasteiger partial charge on any atom is -0.399 e. The fourth-order valence-electron chi connectivity index (χ4n) is 2.36. The van der Waals surface area contributed by atoms with Gasteiger partial charge < -0.3 is 9.84 Å². The Morgan fingerprint density at radius 2 is 1.88 bits per heavy atom. The summed E-state index contributed by atoms with van der Waals surface area (Å²) in [5.41, 5.74) is 8.92. The molecule has 0 saturated carbocycles. The zero-order valence-electron chi connectivity index (χ0n) is 12.9. The van der Waals surface area contributed by atoms with Gasteiger partial charge in [-0.1, -0.05) is 54.6 Å². The van der Waals surface area contributed by atoms with E-state index in [2.05, 4.69) is 10.9 Å². The Morgan fingerprint density at radius 1 is 1.12 bits per heavy atom. The van der Waals surface area contributed by atoms with Crippen LogP contribution in [0.3, 0.4) is 0 Å². The van der Waals surface area contributed by atoms with Gasteiger partial charge >= 0.3 is 5.88 Å². The molecule has 1 heterocycles. The average Bonchev–Trinajstić information content (AvgIpc) is 3.10. The molecule has 0 radical (unpaired) electrons. The molecule has 0 saturated heterocycles. The predicted octanol–water partition coefficient (Wildman–Crippen LogP) is 3.71. The average molecular weight is 323 g/mol. The molecule has 24 heavy (non-hydrogen) atoms. The van der Waals surface area contributed by atoms with Crippen molar-refractivity contribution < 1.29 is 9.34 Å². The molecule has 6 heteroatoms. The number of furan rings is 1. The molecule has 6 nitrogen and oxygen atoms in total. The number of rotatable bonds is 6. The molecule has 1 aliphatic carbocycles. The molecule has 1 aromatic heterocycles. The number of nitro groups is 1. The lowest BCUT2D eigenvalue weighted by atomic mass is 10.1. The zero-order valence-corrected chi connectivity index (χ0v) is 12.9. The maximum absolute atomic E-state index is 10.8. The summed E-state index contributed by atoms with van der Waals surface area (Å²) in [4.78, 5) is 10.3. The maximum atomic E-state index is 10.8. The first-order valence-corrected chi connectivity index (χ1v) is 7.59. The molecule has 0 fully saturated rings. The van der Waals surface area contributed by atoms with Gasteiger partial charge in [-0.25, -0.2) is 5.43 Å². The van der Waals surface area contributed by atoms with E-state index in [4.69, 9.17) is 4.42 Å². The van der Waals surface area contributed by atoms with Crippen molar-refractivity contribution in [2.24, 2.45) is 0 Å². The molecule has 1 aliphatic rings. The summed E-state index contributed by atoms with van der Waals surface area (Å²) >= 11 is 0. The van der Waals surface area contributed by atoms with Crippen LogP contribution in [0, 0.1) is 10.1 Å². The molecule has 0 spiro atoms. The second-order valence-electron chi connectivity index (χ2n) is 5.23. The summed E-state index contributed by atoms with van der Waals surface area (Å²) in [7, 11) is 0. The van der Waals surface area contributed by atoms with Crippen molar-refractivity contribution in [3.63, 3.8) is 0 Å². The van der Waals surface area contributed by atoms with Gasteiger partial charge in [0, 0.05) is 12.1 Å². The Kier molecular flexibility index (Phi) is 4.88. The maximum Gasteiger partial charge on any atom is 0.433 e. The van der Waals surface area contributed by atoms with Gasteiger partial charge in [0.1, 0.15) is 4.92 Å². The molecule has 122 valence electrons. The Labute approximate surface area is 139 Å². The third-order valence-corrected chi connectivity index (χ3v) is 3.52. The van der Waals surface area contributed by atoms with E-state index >= 15 is 0 Å². The lowest BCUT2D eigenvalue weighted by Crippen LogP contribution is -2.30. The van der Waals surface area contributed by atoms with Crippen molar-refractivity contribution in [2.75, 3.05) is 0 Å². The lowest BCUT2D eigenvalue weighted by molar-refractivity contribution is -0.402. The van der Waals surface area contributed by atoms with Crippen molar-refractivity contribution in [2.45, 2.75) is 13.0 Å². The summed E-state index contributed by atoms with van der Waals surface area (Å²) in [6.45, 7) is 0.605. The fraction of sp³-hybridized carbons (Fsp3) is 0.111. The van der Waals surface area contributed by atoms with Crippen LogP contribution in [-0.4, -0.2) is 4.92 Å². The van der Waals surface area contributed by atoms with E-state index in [-0.39, 0.29) is 5.88 Å². The van der Waals surface area contributed by atoms with Gasteiger partial charge in [0.15, 0.2) is 5.76 Å². The first-order valence-electron chi connectivity index (χ1n) is 7.59. The zero-order chi connectivity index (χ0) is 16.8. The summed E-state index contributed by atoms with van der Waals surface area (Å²) < 4.78 is 5.34. The standard InChI is InChI=1S/C18H17N3O3/c22-21(23)17-12-11-16(24-17)18(15-9-5-2-6-10-15)20-19-13-14-7-3-1-4-8-14/h1,3-12,19-20H,2,13H2. The summed E-state index contributed by atoms with van der Waals surface area (Å²) in [5, 5.41) is 10.8. The topological polar surface area (TPSA) is 80.3 Å². The van der Waals surface area contributed by atoms with Crippen LogP contribution in [0.25, 0.3) is 5.70 Å². The molecule has 3 rings (SSSR count). The fourth-order valence-corrected chi connectivity index (χ4v) is 2.36. The van der Waals surface area contributed by atoms with Crippen LogP contribution in [0.4, 0.5) is 5.88 Å². The summed E-state index contributed by atoms with van der Waals surface area (Å²) in [5.74, 6) is 0.130. The van der Waals surface area contributed by atoms with Crippen molar-refractivity contribution in [1.82, 2.24) is 10.9 Å². The van der Waals surface area contributed by atoms with E-state index in [9.17, 15) is 10.1 Å². The number of hydrazine groups is 1. The van der Waals surface area contributed by atoms with Crippen molar-refractivity contribution in [1.29, 1.82) is 0 Å². The molecule has 1 aromatic carbocycles. The van der Waals surface area contributed by atoms with Gasteiger partial charge in [-0.3, -0.25) is 10.1 Å². The van der Waals surface area contributed by atoms with Gasteiger partial charge in [0.05, 0.1) is 11.8 Å². The van der Waals surface area contributed by atoms with Crippen LogP contribution < -0.4 is 10.9 Å². The second-order valence-corrected chi connectivity index (χ2v) is 5.23. The first kappa shape index (κ1) is 15.8. The molecule has 2 aromatic rings. The summed E-state index contributed by atoms with van der Waals surface area (Å²) in [6.07, 6.45) is 8.82. The van der Waals surface area contributed by atoms with E-state index in [1.807, 2.05) is 54.6 Å². The van der Waals surface area contributed by atoms with Crippen LogP contribution in [0.2, 0.25) is 0 Å². The van der Waals surface area contributed by atoms with Crippen LogP contribution in [0.1, 0.15) is 17.7 Å². The number of benzene rings is 1. The molecule has 2 N–H and O–H groups in total. The monoisotopic (exact) mass is 323 g/mol. The van der Waals surface area contributed by atoms with Crippen LogP contribution in [-0.2, 0) is 6.54 Å². The Balaban J connectivity index is 1.80. The van der Waals surface area contributed by atoms with Crippen molar-refractivity contribution in [3.8, 4) is 0 Å². The number of nitrogens with zero attached hydrogens (tertiary/aromatic N) is 1. The molecule has 0 amide bonds. The molecule has 0 aliphatic heterocycles.